The van der Waals surface area contributed by atoms with Crippen LogP contribution in [0.3, 0.4) is 0 Å². The summed E-state index contributed by atoms with van der Waals surface area (Å²) >= 11 is 0. The number of aliphatic hydroxyl groups excluding tert-OH is 1. The van der Waals surface area contributed by atoms with Crippen LogP contribution in [-0.2, 0) is 25.5 Å². The first-order valence-corrected chi connectivity index (χ1v) is 13.8. The highest BCUT2D eigenvalue weighted by Crippen LogP contribution is 2.40. The van der Waals surface area contributed by atoms with Crippen molar-refractivity contribution in [2.24, 2.45) is 0 Å². The Balaban J connectivity index is 1.67. The minimum atomic E-state index is -1.12. The van der Waals surface area contributed by atoms with Crippen LogP contribution in [0.2, 0.25) is 0 Å². The summed E-state index contributed by atoms with van der Waals surface area (Å²) in [7, 11) is 1.14. The highest BCUT2D eigenvalue weighted by molar-refractivity contribution is 6.00. The fourth-order valence-electron chi connectivity index (χ4n) is 4.56. The molecule has 228 valence electrons. The van der Waals surface area contributed by atoms with Crippen LogP contribution in [0, 0.1) is 21.4 Å². The number of benzene rings is 2. The van der Waals surface area contributed by atoms with E-state index in [-0.39, 0.29) is 53.0 Å². The van der Waals surface area contributed by atoms with Crippen LogP contribution >= 0.6 is 0 Å². The second-order valence-electron chi connectivity index (χ2n) is 10.3. The molecule has 0 saturated carbocycles. The Kier molecular flexibility index (Phi) is 11.8. The highest BCUT2D eigenvalue weighted by atomic mass is 16.6. The van der Waals surface area contributed by atoms with Crippen LogP contribution in [0.15, 0.2) is 71.1 Å². The summed E-state index contributed by atoms with van der Waals surface area (Å²) < 4.78 is 16.1. The largest absolute Gasteiger partial charge is 0.491 e. The number of nitrogens with zero attached hydrogens (tertiary/aromatic N) is 2. The number of nitriles is 1. The van der Waals surface area contributed by atoms with Crippen molar-refractivity contribution in [3.63, 3.8) is 0 Å². The van der Waals surface area contributed by atoms with Crippen molar-refractivity contribution in [1.82, 2.24) is 10.6 Å². The van der Waals surface area contributed by atoms with Gasteiger partial charge in [-0.3, -0.25) is 10.1 Å². The number of nitro groups is 1. The summed E-state index contributed by atoms with van der Waals surface area (Å²) in [6.07, 6.45) is 0.470. The SMILES string of the molecule is COC(=O)C1=C(C#N)NC(C)=C(C(=O)OCCCc2ccc(OCC(O)CNC(C)C)cc2)C1c1cccc([N+](=O)[O-])c1. The Bertz CT molecular complexity index is 1430. The molecule has 2 aromatic carbocycles. The van der Waals surface area contributed by atoms with E-state index in [1.165, 1.54) is 24.3 Å². The standard InChI is InChI=1S/C31H36N4O8/c1-19(2)33-17-24(36)18-43-25-12-10-21(11-13-25)7-6-14-42-31(38)27-20(3)34-26(16-32)29(30(37)41-4)28(27)22-8-5-9-23(15-22)35(39)40/h5,8-13,15,19,24,28,33-34,36H,6-7,14,17-18H2,1-4H3. The van der Waals surface area contributed by atoms with Gasteiger partial charge in [0.25, 0.3) is 5.69 Å². The minimum absolute atomic E-state index is 0.0483. The Labute approximate surface area is 250 Å². The van der Waals surface area contributed by atoms with E-state index < -0.39 is 28.9 Å². The van der Waals surface area contributed by atoms with Crippen molar-refractivity contribution < 1.29 is 33.8 Å². The molecule has 2 unspecified atom stereocenters. The fraction of sp³-hybridized carbons (Fsp3) is 0.387. The van der Waals surface area contributed by atoms with Crippen LogP contribution < -0.4 is 15.4 Å². The van der Waals surface area contributed by atoms with Gasteiger partial charge in [0, 0.05) is 30.4 Å². The number of dihydropyridines is 1. The first-order chi connectivity index (χ1) is 20.5. The van der Waals surface area contributed by atoms with Gasteiger partial charge in [-0.1, -0.05) is 38.1 Å². The molecule has 0 fully saturated rings. The molecule has 0 aliphatic carbocycles. The van der Waals surface area contributed by atoms with E-state index in [4.69, 9.17) is 14.2 Å². The number of methoxy groups -OCH3 is 1. The van der Waals surface area contributed by atoms with E-state index in [9.17, 15) is 30.1 Å². The molecule has 0 aromatic heterocycles. The number of hydrogen-bond acceptors (Lipinski definition) is 11. The maximum absolute atomic E-state index is 13.4. The third kappa shape index (κ3) is 8.88. The zero-order chi connectivity index (χ0) is 31.5. The topological polar surface area (TPSA) is 173 Å². The van der Waals surface area contributed by atoms with Crippen LogP contribution in [-0.4, -0.2) is 61.0 Å². The third-order valence-electron chi connectivity index (χ3n) is 6.68. The number of aryl methyl sites for hydroxylation is 1. The molecule has 1 aliphatic heterocycles. The second kappa shape index (κ2) is 15.5. The Morgan fingerprint density at radius 3 is 2.51 bits per heavy atom. The van der Waals surface area contributed by atoms with Crippen molar-refractivity contribution in [3.05, 3.63) is 92.3 Å². The molecule has 0 amide bonds. The van der Waals surface area contributed by atoms with Crippen molar-refractivity contribution in [2.75, 3.05) is 26.9 Å². The van der Waals surface area contributed by atoms with Gasteiger partial charge in [-0.15, -0.1) is 0 Å². The molecular weight excluding hydrogens is 556 g/mol. The number of hydrogen-bond donors (Lipinski definition) is 3. The lowest BCUT2D eigenvalue weighted by Gasteiger charge is -2.29. The molecule has 0 saturated heterocycles. The van der Waals surface area contributed by atoms with Crippen LogP contribution in [0.5, 0.6) is 5.75 Å². The molecule has 43 heavy (non-hydrogen) atoms. The predicted molar refractivity (Wildman–Crippen MR) is 157 cm³/mol. The second-order valence-corrected chi connectivity index (χ2v) is 10.3. The average molecular weight is 593 g/mol. The minimum Gasteiger partial charge on any atom is -0.491 e. The molecular formula is C31H36N4O8. The summed E-state index contributed by atoms with van der Waals surface area (Å²) in [4.78, 5) is 37.0. The van der Waals surface area contributed by atoms with E-state index in [1.54, 1.807) is 6.92 Å². The zero-order valence-corrected chi connectivity index (χ0v) is 24.6. The molecule has 0 spiro atoms. The normalized spacial score (nSPS) is 15.4. The first kappa shape index (κ1) is 32.8. The lowest BCUT2D eigenvalue weighted by atomic mass is 9.80. The van der Waals surface area contributed by atoms with Gasteiger partial charge in [0.2, 0.25) is 0 Å². The molecule has 0 bridgehead atoms. The van der Waals surface area contributed by atoms with Gasteiger partial charge >= 0.3 is 11.9 Å². The van der Waals surface area contributed by atoms with E-state index in [0.717, 1.165) is 12.7 Å². The van der Waals surface area contributed by atoms with Crippen molar-refractivity contribution in [2.45, 2.75) is 51.7 Å². The lowest BCUT2D eigenvalue weighted by molar-refractivity contribution is -0.384. The van der Waals surface area contributed by atoms with Crippen LogP contribution in [0.4, 0.5) is 5.69 Å². The molecule has 3 rings (SSSR count). The van der Waals surface area contributed by atoms with Crippen molar-refractivity contribution >= 4 is 17.6 Å². The lowest BCUT2D eigenvalue weighted by Crippen LogP contribution is -2.35. The van der Waals surface area contributed by atoms with Gasteiger partial charge in [-0.25, -0.2) is 9.59 Å². The molecule has 12 heteroatoms. The quantitative estimate of drug-likeness (QED) is 0.127. The molecule has 3 N–H and O–H groups in total. The van der Waals surface area contributed by atoms with Crippen LogP contribution in [0.25, 0.3) is 0 Å². The average Bonchev–Trinajstić information content (AvgIpc) is 3.00. The van der Waals surface area contributed by atoms with Gasteiger partial charge in [0.15, 0.2) is 0 Å². The smallest absolute Gasteiger partial charge is 0.337 e. The van der Waals surface area contributed by atoms with Gasteiger partial charge in [-0.2, -0.15) is 5.26 Å². The maximum atomic E-state index is 13.4. The number of nitro benzene ring substituents is 1. The van der Waals surface area contributed by atoms with E-state index >= 15 is 0 Å². The Hall–Kier alpha value is -4.73. The number of rotatable bonds is 14. The van der Waals surface area contributed by atoms with Gasteiger partial charge in [0.1, 0.15) is 30.2 Å². The van der Waals surface area contributed by atoms with E-state index in [2.05, 4.69) is 10.6 Å². The molecule has 1 heterocycles. The summed E-state index contributed by atoms with van der Waals surface area (Å²) in [6, 6.07) is 15.1. The highest BCUT2D eigenvalue weighted by Gasteiger charge is 2.39. The number of carbonyl (C=O) groups excluding carboxylic acids is 2. The number of non-ortho nitro benzene ring substituents is 1. The number of ether oxygens (including phenoxy) is 3. The number of esters is 2. The monoisotopic (exact) mass is 592 g/mol. The van der Waals surface area contributed by atoms with Crippen LogP contribution in [0.1, 0.15) is 44.2 Å². The Morgan fingerprint density at radius 1 is 1.16 bits per heavy atom. The number of carbonyl (C=O) groups is 2. The van der Waals surface area contributed by atoms with Gasteiger partial charge < -0.3 is 30.0 Å². The summed E-state index contributed by atoms with van der Waals surface area (Å²) in [5.74, 6) is -2.07. The first-order valence-electron chi connectivity index (χ1n) is 13.8. The number of allylic oxidation sites excluding steroid dienone is 2. The predicted octanol–water partition coefficient (Wildman–Crippen LogP) is 3.42. The summed E-state index contributed by atoms with van der Waals surface area (Å²) in [5, 5.41) is 37.1. The van der Waals surface area contributed by atoms with Crippen molar-refractivity contribution in [1.29, 1.82) is 5.26 Å². The van der Waals surface area contributed by atoms with Gasteiger partial charge in [-0.05, 0) is 43.0 Å². The van der Waals surface area contributed by atoms with E-state index in [0.29, 0.717) is 25.1 Å². The molecule has 2 aromatic rings. The maximum Gasteiger partial charge on any atom is 0.337 e. The Morgan fingerprint density at radius 2 is 1.88 bits per heavy atom. The molecule has 1 aliphatic rings. The fourth-order valence-corrected chi connectivity index (χ4v) is 4.56. The number of aliphatic hydroxyl groups is 1. The number of nitrogens with one attached hydrogen (secondary N) is 2. The van der Waals surface area contributed by atoms with Crippen molar-refractivity contribution in [3.8, 4) is 11.8 Å². The van der Waals surface area contributed by atoms with E-state index in [1.807, 2.05) is 44.2 Å². The molecule has 2 atom stereocenters. The zero-order valence-electron chi connectivity index (χ0n) is 24.6. The summed E-state index contributed by atoms with van der Waals surface area (Å²) in [5.41, 5.74) is 1.09. The van der Waals surface area contributed by atoms with Gasteiger partial charge in [0.05, 0.1) is 35.7 Å². The molecule has 12 nitrogen and oxygen atoms in total. The summed E-state index contributed by atoms with van der Waals surface area (Å²) in [6.45, 7) is 6.23. The molecule has 0 radical (unpaired) electrons. The third-order valence-corrected chi connectivity index (χ3v) is 6.68.